The van der Waals surface area contributed by atoms with E-state index >= 15 is 0 Å². The summed E-state index contributed by atoms with van der Waals surface area (Å²) in [5, 5.41) is 2.97. The summed E-state index contributed by atoms with van der Waals surface area (Å²) < 4.78 is 5.60. The van der Waals surface area contributed by atoms with E-state index in [2.05, 4.69) is 4.98 Å². The van der Waals surface area contributed by atoms with Gasteiger partial charge in [-0.05, 0) is 38.5 Å². The standard InChI is InChI=1S/C14H18N2OS/c1-9(2)17-12-6-4-11(5-7-12)13(15)14-16-10(3)8-18-14/h4-9,13H,15H2,1-3H3. The van der Waals surface area contributed by atoms with Crippen LogP contribution in [-0.4, -0.2) is 11.1 Å². The highest BCUT2D eigenvalue weighted by atomic mass is 32.1. The van der Waals surface area contributed by atoms with E-state index in [1.54, 1.807) is 11.3 Å². The van der Waals surface area contributed by atoms with Gasteiger partial charge >= 0.3 is 0 Å². The van der Waals surface area contributed by atoms with Crippen molar-refractivity contribution in [3.05, 3.63) is 45.9 Å². The summed E-state index contributed by atoms with van der Waals surface area (Å²) >= 11 is 1.60. The lowest BCUT2D eigenvalue weighted by Crippen LogP contribution is -2.12. The van der Waals surface area contributed by atoms with Crippen LogP contribution in [0, 0.1) is 6.92 Å². The van der Waals surface area contributed by atoms with Crippen molar-refractivity contribution in [2.24, 2.45) is 5.73 Å². The highest BCUT2D eigenvalue weighted by Gasteiger charge is 2.12. The van der Waals surface area contributed by atoms with Gasteiger partial charge in [0.1, 0.15) is 10.8 Å². The first-order chi connectivity index (χ1) is 8.56. The van der Waals surface area contributed by atoms with E-state index < -0.39 is 0 Å². The Kier molecular flexibility index (Phi) is 3.99. The molecule has 18 heavy (non-hydrogen) atoms. The zero-order valence-electron chi connectivity index (χ0n) is 10.9. The molecule has 0 aliphatic rings. The number of nitrogens with zero attached hydrogens (tertiary/aromatic N) is 1. The van der Waals surface area contributed by atoms with Gasteiger partial charge in [-0.2, -0.15) is 0 Å². The Morgan fingerprint density at radius 1 is 1.22 bits per heavy atom. The van der Waals surface area contributed by atoms with Crippen LogP contribution in [0.2, 0.25) is 0 Å². The molecule has 0 radical (unpaired) electrons. The molecule has 3 nitrogen and oxygen atoms in total. The molecule has 1 unspecified atom stereocenters. The van der Waals surface area contributed by atoms with E-state index in [1.165, 1.54) is 0 Å². The van der Waals surface area contributed by atoms with Gasteiger partial charge < -0.3 is 10.5 Å². The third-order valence-electron chi connectivity index (χ3n) is 2.51. The van der Waals surface area contributed by atoms with Crippen LogP contribution in [0.4, 0.5) is 0 Å². The molecule has 1 heterocycles. The fraction of sp³-hybridized carbons (Fsp3) is 0.357. The first-order valence-electron chi connectivity index (χ1n) is 6.00. The molecule has 4 heteroatoms. The van der Waals surface area contributed by atoms with Gasteiger partial charge in [-0.1, -0.05) is 12.1 Å². The maximum atomic E-state index is 6.19. The van der Waals surface area contributed by atoms with Crippen molar-refractivity contribution in [2.45, 2.75) is 32.9 Å². The summed E-state index contributed by atoms with van der Waals surface area (Å²) in [6.45, 7) is 6.00. The van der Waals surface area contributed by atoms with Crippen LogP contribution in [0.1, 0.15) is 36.2 Å². The van der Waals surface area contributed by atoms with Crippen LogP contribution in [0.15, 0.2) is 29.6 Å². The lowest BCUT2D eigenvalue weighted by molar-refractivity contribution is 0.242. The molecule has 0 fully saturated rings. The van der Waals surface area contributed by atoms with Gasteiger partial charge in [-0.3, -0.25) is 0 Å². The first-order valence-corrected chi connectivity index (χ1v) is 6.88. The summed E-state index contributed by atoms with van der Waals surface area (Å²) in [6.07, 6.45) is 0.186. The molecule has 2 aromatic rings. The molecule has 96 valence electrons. The van der Waals surface area contributed by atoms with Crippen LogP contribution < -0.4 is 10.5 Å². The van der Waals surface area contributed by atoms with Crippen molar-refractivity contribution in [1.82, 2.24) is 4.98 Å². The largest absolute Gasteiger partial charge is 0.491 e. The van der Waals surface area contributed by atoms with E-state index in [0.717, 1.165) is 22.0 Å². The average Bonchev–Trinajstić information content (AvgIpc) is 2.75. The first kappa shape index (κ1) is 13.1. The third-order valence-corrected chi connectivity index (χ3v) is 3.56. The molecule has 1 aromatic carbocycles. The number of hydrogen-bond donors (Lipinski definition) is 1. The summed E-state index contributed by atoms with van der Waals surface area (Å²) in [5.74, 6) is 0.872. The van der Waals surface area contributed by atoms with Gasteiger partial charge in [0, 0.05) is 11.1 Å². The minimum atomic E-state index is -0.156. The Bertz CT molecular complexity index is 505. The number of aryl methyl sites for hydroxylation is 1. The Balaban J connectivity index is 2.14. The van der Waals surface area contributed by atoms with E-state index in [0.29, 0.717) is 0 Å². The normalized spacial score (nSPS) is 12.7. The number of ether oxygens (including phenoxy) is 1. The van der Waals surface area contributed by atoms with Crippen molar-refractivity contribution >= 4 is 11.3 Å². The number of aromatic nitrogens is 1. The molecule has 1 atom stereocenters. The van der Waals surface area contributed by atoms with Crippen molar-refractivity contribution in [1.29, 1.82) is 0 Å². The molecule has 0 amide bonds. The molecular formula is C14H18N2OS. The van der Waals surface area contributed by atoms with Crippen LogP contribution in [0.3, 0.4) is 0 Å². The van der Waals surface area contributed by atoms with E-state index in [-0.39, 0.29) is 12.1 Å². The Morgan fingerprint density at radius 2 is 1.89 bits per heavy atom. The highest BCUT2D eigenvalue weighted by molar-refractivity contribution is 7.09. The zero-order chi connectivity index (χ0) is 13.1. The molecule has 0 aliphatic carbocycles. The maximum absolute atomic E-state index is 6.19. The molecular weight excluding hydrogens is 244 g/mol. The smallest absolute Gasteiger partial charge is 0.119 e. The monoisotopic (exact) mass is 262 g/mol. The molecule has 2 rings (SSSR count). The molecule has 0 bridgehead atoms. The van der Waals surface area contributed by atoms with Crippen molar-refractivity contribution in [2.75, 3.05) is 0 Å². The van der Waals surface area contributed by atoms with E-state index in [1.807, 2.05) is 50.4 Å². The number of hydrogen-bond acceptors (Lipinski definition) is 4. The number of nitrogens with two attached hydrogens (primary N) is 1. The molecule has 0 aliphatic heterocycles. The number of rotatable bonds is 4. The second-order valence-corrected chi connectivity index (χ2v) is 5.43. The Hall–Kier alpha value is -1.39. The van der Waals surface area contributed by atoms with Crippen molar-refractivity contribution < 1.29 is 4.74 Å². The summed E-state index contributed by atoms with van der Waals surface area (Å²) in [4.78, 5) is 4.42. The van der Waals surface area contributed by atoms with E-state index in [9.17, 15) is 0 Å². The molecule has 0 saturated carbocycles. The minimum Gasteiger partial charge on any atom is -0.491 e. The van der Waals surface area contributed by atoms with Gasteiger partial charge in [-0.25, -0.2) is 4.98 Å². The lowest BCUT2D eigenvalue weighted by Gasteiger charge is -2.12. The predicted octanol–water partition coefficient (Wildman–Crippen LogP) is 3.29. The second-order valence-electron chi connectivity index (χ2n) is 4.54. The summed E-state index contributed by atoms with van der Waals surface area (Å²) in [7, 11) is 0. The summed E-state index contributed by atoms with van der Waals surface area (Å²) in [6, 6.07) is 7.75. The zero-order valence-corrected chi connectivity index (χ0v) is 11.7. The fourth-order valence-electron chi connectivity index (χ4n) is 1.68. The van der Waals surface area contributed by atoms with Crippen LogP contribution in [0.5, 0.6) is 5.75 Å². The second kappa shape index (κ2) is 5.50. The van der Waals surface area contributed by atoms with Crippen molar-refractivity contribution in [3.63, 3.8) is 0 Å². The number of thiazole rings is 1. The SMILES string of the molecule is Cc1csc(C(N)c2ccc(OC(C)C)cc2)n1. The summed E-state index contributed by atoms with van der Waals surface area (Å²) in [5.41, 5.74) is 8.26. The molecule has 2 N–H and O–H groups in total. The van der Waals surface area contributed by atoms with Crippen LogP contribution in [0.25, 0.3) is 0 Å². The molecule has 0 spiro atoms. The number of benzene rings is 1. The highest BCUT2D eigenvalue weighted by Crippen LogP contribution is 2.24. The average molecular weight is 262 g/mol. The lowest BCUT2D eigenvalue weighted by atomic mass is 10.1. The van der Waals surface area contributed by atoms with Gasteiger partial charge in [0.05, 0.1) is 12.1 Å². The van der Waals surface area contributed by atoms with Crippen LogP contribution in [-0.2, 0) is 0 Å². The van der Waals surface area contributed by atoms with Gasteiger partial charge in [-0.15, -0.1) is 11.3 Å². The maximum Gasteiger partial charge on any atom is 0.119 e. The predicted molar refractivity (Wildman–Crippen MR) is 75.1 cm³/mol. The Morgan fingerprint density at radius 3 is 2.39 bits per heavy atom. The van der Waals surface area contributed by atoms with Gasteiger partial charge in [0.15, 0.2) is 0 Å². The van der Waals surface area contributed by atoms with Crippen LogP contribution >= 0.6 is 11.3 Å². The quantitative estimate of drug-likeness (QED) is 0.919. The van der Waals surface area contributed by atoms with Gasteiger partial charge in [0.25, 0.3) is 0 Å². The Labute approximate surface area is 112 Å². The topological polar surface area (TPSA) is 48.1 Å². The fourth-order valence-corrected chi connectivity index (χ4v) is 2.51. The van der Waals surface area contributed by atoms with Crippen molar-refractivity contribution in [3.8, 4) is 5.75 Å². The van der Waals surface area contributed by atoms with E-state index in [4.69, 9.17) is 10.5 Å². The molecule has 1 aromatic heterocycles. The molecule has 0 saturated heterocycles. The minimum absolute atomic E-state index is 0.156. The van der Waals surface area contributed by atoms with Gasteiger partial charge in [0.2, 0.25) is 0 Å². The third kappa shape index (κ3) is 3.09.